The molecule has 0 aromatic heterocycles. The molecule has 0 saturated carbocycles. The Morgan fingerprint density at radius 3 is 2.61 bits per heavy atom. The number of hydrogen-bond acceptors (Lipinski definition) is 4. The highest BCUT2D eigenvalue weighted by Gasteiger charge is 2.26. The van der Waals surface area contributed by atoms with Crippen LogP contribution in [0.15, 0.2) is 22.7 Å². The molecule has 0 aliphatic heterocycles. The van der Waals surface area contributed by atoms with Gasteiger partial charge in [0.1, 0.15) is 12.1 Å². The van der Waals surface area contributed by atoms with Crippen molar-refractivity contribution in [2.45, 2.75) is 38.8 Å². The van der Waals surface area contributed by atoms with Crippen LogP contribution in [0.4, 0.5) is 0 Å². The van der Waals surface area contributed by atoms with Crippen LogP contribution in [0.1, 0.15) is 25.8 Å². The summed E-state index contributed by atoms with van der Waals surface area (Å²) < 4.78 is 5.50. The van der Waals surface area contributed by atoms with Crippen molar-refractivity contribution in [3.8, 4) is 0 Å². The number of halogens is 2. The molecule has 2 atom stereocenters. The molecule has 7 heteroatoms. The largest absolute Gasteiger partial charge is 0.467 e. The van der Waals surface area contributed by atoms with Gasteiger partial charge in [-0.2, -0.15) is 0 Å². The van der Waals surface area contributed by atoms with Crippen molar-refractivity contribution in [1.82, 2.24) is 5.32 Å². The highest BCUT2D eigenvalue weighted by molar-refractivity contribution is 9.10. The Morgan fingerprint density at radius 2 is 2.04 bits per heavy atom. The summed E-state index contributed by atoms with van der Waals surface area (Å²) in [6.45, 7) is 3.80. The molecule has 128 valence electrons. The summed E-state index contributed by atoms with van der Waals surface area (Å²) in [5.41, 5.74) is 0.756. The van der Waals surface area contributed by atoms with Gasteiger partial charge in [-0.1, -0.05) is 41.4 Å². The van der Waals surface area contributed by atoms with E-state index in [1.54, 1.807) is 18.2 Å². The molecular weight excluding hydrogens is 386 g/mol. The number of rotatable bonds is 7. The number of amides is 1. The number of hydrogen-bond donors (Lipinski definition) is 2. The summed E-state index contributed by atoms with van der Waals surface area (Å²) in [7, 11) is 1.25. The van der Waals surface area contributed by atoms with Crippen molar-refractivity contribution in [1.29, 1.82) is 0 Å². The summed E-state index contributed by atoms with van der Waals surface area (Å²) in [6, 6.07) is 4.29. The van der Waals surface area contributed by atoms with E-state index >= 15 is 0 Å². The van der Waals surface area contributed by atoms with Crippen molar-refractivity contribution in [2.75, 3.05) is 7.11 Å². The van der Waals surface area contributed by atoms with Crippen molar-refractivity contribution in [3.05, 3.63) is 33.3 Å². The van der Waals surface area contributed by atoms with Gasteiger partial charge in [-0.15, -0.1) is 0 Å². The van der Waals surface area contributed by atoms with E-state index in [1.807, 2.05) is 13.8 Å². The molecule has 1 aromatic rings. The summed E-state index contributed by atoms with van der Waals surface area (Å²) in [5, 5.41) is 12.9. The van der Waals surface area contributed by atoms with Crippen LogP contribution in [0.2, 0.25) is 5.02 Å². The third-order valence-electron chi connectivity index (χ3n) is 3.23. The molecule has 0 aliphatic rings. The van der Waals surface area contributed by atoms with Crippen LogP contribution in [-0.4, -0.2) is 36.2 Å². The molecule has 0 unspecified atom stereocenters. The number of esters is 1. The lowest BCUT2D eigenvalue weighted by Gasteiger charge is -2.20. The van der Waals surface area contributed by atoms with Crippen LogP contribution < -0.4 is 5.32 Å². The number of nitrogens with one attached hydrogen (secondary N) is 1. The fraction of sp³-hybridized carbons (Fsp3) is 0.500. The first-order valence-electron chi connectivity index (χ1n) is 7.24. The number of aliphatic hydroxyl groups is 1. The topological polar surface area (TPSA) is 75.6 Å². The van der Waals surface area contributed by atoms with Gasteiger partial charge in [0.25, 0.3) is 0 Å². The Morgan fingerprint density at radius 1 is 1.39 bits per heavy atom. The monoisotopic (exact) mass is 405 g/mol. The molecule has 0 saturated heterocycles. The maximum atomic E-state index is 12.0. The van der Waals surface area contributed by atoms with Gasteiger partial charge < -0.3 is 15.2 Å². The standard InChI is InChI=1S/C16H21BrClNO4/c1-9(2)6-14(20)15(21)19-13(16(22)23-3)8-10-7-11(18)4-5-12(10)17/h4-5,7,9,13-14,20H,6,8H2,1-3H3,(H,19,21)/t13-,14+/m0/s1. The number of methoxy groups -OCH3 is 1. The number of carbonyl (C=O) groups excluding carboxylic acids is 2. The third kappa shape index (κ3) is 6.49. The maximum Gasteiger partial charge on any atom is 0.328 e. The lowest BCUT2D eigenvalue weighted by atomic mass is 10.0. The number of ether oxygens (including phenoxy) is 1. The van der Waals surface area contributed by atoms with Gasteiger partial charge in [-0.3, -0.25) is 4.79 Å². The molecule has 5 nitrogen and oxygen atoms in total. The normalized spacial score (nSPS) is 13.5. The van der Waals surface area contributed by atoms with Gasteiger partial charge in [0.05, 0.1) is 7.11 Å². The lowest BCUT2D eigenvalue weighted by molar-refractivity contribution is -0.146. The Bertz CT molecular complexity index is 565. The molecule has 0 bridgehead atoms. The van der Waals surface area contributed by atoms with Crippen LogP contribution in [0, 0.1) is 5.92 Å². The van der Waals surface area contributed by atoms with E-state index in [1.165, 1.54) is 7.11 Å². The molecule has 23 heavy (non-hydrogen) atoms. The average Bonchev–Trinajstić information content (AvgIpc) is 2.48. The fourth-order valence-electron chi connectivity index (χ4n) is 2.08. The molecular formula is C16H21BrClNO4. The fourth-order valence-corrected chi connectivity index (χ4v) is 2.68. The zero-order valence-electron chi connectivity index (χ0n) is 13.3. The van der Waals surface area contributed by atoms with E-state index in [0.717, 1.165) is 10.0 Å². The van der Waals surface area contributed by atoms with Crippen LogP contribution >= 0.6 is 27.5 Å². The van der Waals surface area contributed by atoms with Gasteiger partial charge in [0.15, 0.2) is 0 Å². The first-order chi connectivity index (χ1) is 10.7. The zero-order valence-corrected chi connectivity index (χ0v) is 15.6. The van der Waals surface area contributed by atoms with Gasteiger partial charge in [0, 0.05) is 15.9 Å². The summed E-state index contributed by atoms with van der Waals surface area (Å²) in [6.07, 6.45) is -0.640. The van der Waals surface area contributed by atoms with Crippen molar-refractivity contribution >= 4 is 39.4 Å². The highest BCUT2D eigenvalue weighted by Crippen LogP contribution is 2.22. The summed E-state index contributed by atoms with van der Waals surface area (Å²) in [4.78, 5) is 24.0. The maximum absolute atomic E-state index is 12.0. The second-order valence-electron chi connectivity index (χ2n) is 5.67. The van der Waals surface area contributed by atoms with Crippen molar-refractivity contribution < 1.29 is 19.4 Å². The Balaban J connectivity index is 2.87. The second kappa shape index (κ2) is 9.25. The van der Waals surface area contributed by atoms with E-state index in [2.05, 4.69) is 21.2 Å². The molecule has 2 N–H and O–H groups in total. The number of aliphatic hydroxyl groups excluding tert-OH is 1. The quantitative estimate of drug-likeness (QED) is 0.683. The molecule has 1 amide bonds. The molecule has 0 heterocycles. The van der Waals surface area contributed by atoms with E-state index in [-0.39, 0.29) is 12.3 Å². The molecule has 1 rings (SSSR count). The minimum Gasteiger partial charge on any atom is -0.467 e. The van der Waals surface area contributed by atoms with E-state index in [4.69, 9.17) is 16.3 Å². The Hall–Kier alpha value is -1.11. The van der Waals surface area contributed by atoms with E-state index in [9.17, 15) is 14.7 Å². The van der Waals surface area contributed by atoms with Crippen molar-refractivity contribution in [2.24, 2.45) is 5.92 Å². The number of benzene rings is 1. The first-order valence-corrected chi connectivity index (χ1v) is 8.41. The Labute approximate surface area is 149 Å². The average molecular weight is 407 g/mol. The summed E-state index contributed by atoms with van der Waals surface area (Å²) >= 11 is 9.35. The van der Waals surface area contributed by atoms with Gasteiger partial charge in [-0.05, 0) is 36.1 Å². The molecule has 0 spiro atoms. The van der Waals surface area contributed by atoms with Crippen LogP contribution in [0.25, 0.3) is 0 Å². The molecule has 0 aliphatic carbocycles. The van der Waals surface area contributed by atoms with Gasteiger partial charge >= 0.3 is 5.97 Å². The SMILES string of the molecule is COC(=O)[C@H](Cc1cc(Cl)ccc1Br)NC(=O)[C@H](O)CC(C)C. The molecule has 0 fully saturated rings. The first kappa shape index (κ1) is 19.9. The Kier molecular flexibility index (Phi) is 8.02. The molecule has 1 aromatic carbocycles. The number of carbonyl (C=O) groups is 2. The molecule has 0 radical (unpaired) electrons. The predicted octanol–water partition coefficient (Wildman–Crippen LogP) is 2.71. The predicted molar refractivity (Wildman–Crippen MR) is 92.3 cm³/mol. The lowest BCUT2D eigenvalue weighted by Crippen LogP contribution is -2.47. The second-order valence-corrected chi connectivity index (χ2v) is 6.96. The minimum atomic E-state index is -1.16. The highest BCUT2D eigenvalue weighted by atomic mass is 79.9. The zero-order chi connectivity index (χ0) is 17.6. The minimum absolute atomic E-state index is 0.161. The third-order valence-corrected chi connectivity index (χ3v) is 4.24. The van der Waals surface area contributed by atoms with Gasteiger partial charge in [0.2, 0.25) is 5.91 Å². The smallest absolute Gasteiger partial charge is 0.328 e. The van der Waals surface area contributed by atoms with Crippen LogP contribution in [-0.2, 0) is 20.7 Å². The van der Waals surface area contributed by atoms with Crippen LogP contribution in [0.3, 0.4) is 0 Å². The van der Waals surface area contributed by atoms with Gasteiger partial charge in [-0.25, -0.2) is 4.79 Å². The van der Waals surface area contributed by atoms with Crippen LogP contribution in [0.5, 0.6) is 0 Å². The van der Waals surface area contributed by atoms with E-state index in [0.29, 0.717) is 11.4 Å². The summed E-state index contributed by atoms with van der Waals surface area (Å²) in [5.74, 6) is -1.01. The van der Waals surface area contributed by atoms with E-state index < -0.39 is 24.0 Å². The van der Waals surface area contributed by atoms with Crippen molar-refractivity contribution in [3.63, 3.8) is 0 Å².